The third-order valence-corrected chi connectivity index (χ3v) is 3.90. The molecule has 2 aromatic rings. The molecule has 0 N–H and O–H groups in total. The zero-order valence-corrected chi connectivity index (χ0v) is 13.4. The van der Waals surface area contributed by atoms with Gasteiger partial charge in [-0.3, -0.25) is 4.68 Å². The number of halogens is 2. The fourth-order valence-electron chi connectivity index (χ4n) is 2.03. The van der Waals surface area contributed by atoms with Gasteiger partial charge < -0.3 is 4.74 Å². The zero-order valence-electron chi connectivity index (χ0n) is 11.9. The molecule has 0 aliphatic rings. The highest BCUT2D eigenvalue weighted by atomic mass is 35.5. The summed E-state index contributed by atoms with van der Waals surface area (Å²) in [6.07, 6.45) is 0.763. The van der Waals surface area contributed by atoms with E-state index in [9.17, 15) is 0 Å². The molecule has 0 bridgehead atoms. The van der Waals surface area contributed by atoms with Crippen molar-refractivity contribution in [1.29, 1.82) is 5.26 Å². The van der Waals surface area contributed by atoms with Gasteiger partial charge in [0, 0.05) is 6.54 Å². The Balaban J connectivity index is 2.27. The maximum absolute atomic E-state index is 9.14. The Morgan fingerprint density at radius 2 is 2.10 bits per heavy atom. The Labute approximate surface area is 133 Å². The summed E-state index contributed by atoms with van der Waals surface area (Å²) in [7, 11) is 0. The van der Waals surface area contributed by atoms with Gasteiger partial charge in [0.1, 0.15) is 24.0 Å². The van der Waals surface area contributed by atoms with Gasteiger partial charge in [0.2, 0.25) is 0 Å². The Morgan fingerprint density at radius 3 is 2.71 bits per heavy atom. The molecule has 0 fully saturated rings. The van der Waals surface area contributed by atoms with E-state index in [1.54, 1.807) is 18.2 Å². The van der Waals surface area contributed by atoms with Crippen molar-refractivity contribution in [1.82, 2.24) is 9.78 Å². The second-order valence-electron chi connectivity index (χ2n) is 4.39. The average molecular weight is 324 g/mol. The molecular weight excluding hydrogens is 309 g/mol. The van der Waals surface area contributed by atoms with Crippen LogP contribution in [-0.4, -0.2) is 9.78 Å². The minimum atomic E-state index is 0.245. The van der Waals surface area contributed by atoms with E-state index in [1.165, 1.54) is 0 Å². The van der Waals surface area contributed by atoms with Crippen LogP contribution in [0.25, 0.3) is 0 Å². The van der Waals surface area contributed by atoms with Crippen LogP contribution in [0.5, 0.6) is 5.75 Å². The van der Waals surface area contributed by atoms with Crippen molar-refractivity contribution in [2.75, 3.05) is 0 Å². The molecule has 0 saturated heterocycles. The van der Waals surface area contributed by atoms with Gasteiger partial charge in [-0.25, -0.2) is 0 Å². The van der Waals surface area contributed by atoms with Crippen LogP contribution in [0, 0.1) is 11.3 Å². The van der Waals surface area contributed by atoms with E-state index < -0.39 is 0 Å². The van der Waals surface area contributed by atoms with Gasteiger partial charge in [0.15, 0.2) is 0 Å². The Morgan fingerprint density at radius 1 is 1.33 bits per heavy atom. The average Bonchev–Trinajstić information content (AvgIpc) is 2.80. The third kappa shape index (κ3) is 3.15. The highest BCUT2D eigenvalue weighted by Crippen LogP contribution is 2.28. The van der Waals surface area contributed by atoms with Crippen molar-refractivity contribution in [2.24, 2.45) is 0 Å². The van der Waals surface area contributed by atoms with Gasteiger partial charge in [0.05, 0.1) is 21.4 Å². The molecule has 0 atom stereocenters. The van der Waals surface area contributed by atoms with E-state index in [0.29, 0.717) is 27.9 Å². The number of nitriles is 1. The van der Waals surface area contributed by atoms with E-state index in [-0.39, 0.29) is 6.61 Å². The van der Waals surface area contributed by atoms with Crippen LogP contribution < -0.4 is 4.74 Å². The lowest BCUT2D eigenvalue weighted by Gasteiger charge is -2.10. The lowest BCUT2D eigenvalue weighted by atomic mass is 10.2. The Kier molecular flexibility index (Phi) is 5.11. The van der Waals surface area contributed by atoms with Gasteiger partial charge in [-0.2, -0.15) is 10.4 Å². The first-order chi connectivity index (χ1) is 10.1. The summed E-state index contributed by atoms with van der Waals surface area (Å²) in [6.45, 7) is 4.95. The van der Waals surface area contributed by atoms with Gasteiger partial charge in [-0.1, -0.05) is 36.2 Å². The molecule has 1 aromatic carbocycles. The van der Waals surface area contributed by atoms with Crippen LogP contribution in [0.4, 0.5) is 0 Å². The van der Waals surface area contributed by atoms with E-state index in [1.807, 2.05) is 24.6 Å². The summed E-state index contributed by atoms with van der Waals surface area (Å²) in [5, 5.41) is 14.6. The van der Waals surface area contributed by atoms with Crippen LogP contribution in [0.2, 0.25) is 10.0 Å². The maximum Gasteiger partial charge on any atom is 0.139 e. The Hall–Kier alpha value is -1.70. The van der Waals surface area contributed by atoms with E-state index in [0.717, 1.165) is 17.8 Å². The van der Waals surface area contributed by atoms with Gasteiger partial charge >= 0.3 is 0 Å². The number of benzene rings is 1. The molecule has 1 heterocycles. The normalized spacial score (nSPS) is 10.4. The molecule has 110 valence electrons. The quantitative estimate of drug-likeness (QED) is 0.827. The highest BCUT2D eigenvalue weighted by molar-refractivity contribution is 6.32. The van der Waals surface area contributed by atoms with E-state index in [2.05, 4.69) is 5.10 Å². The van der Waals surface area contributed by atoms with Crippen LogP contribution in [0.1, 0.15) is 30.8 Å². The standard InChI is InChI=1S/C15H15Cl2N3O/c1-3-12-15(17)13(20(4-2)19-12)9-21-14-7-5-6-11(16)10(14)8-18/h5-7H,3-4,9H2,1-2H3. The monoisotopic (exact) mass is 323 g/mol. The first-order valence-electron chi connectivity index (χ1n) is 6.67. The molecule has 0 amide bonds. The van der Waals surface area contributed by atoms with Crippen molar-refractivity contribution in [3.63, 3.8) is 0 Å². The number of rotatable bonds is 5. The van der Waals surface area contributed by atoms with Crippen LogP contribution in [0.15, 0.2) is 18.2 Å². The molecule has 6 heteroatoms. The minimum absolute atomic E-state index is 0.245. The fraction of sp³-hybridized carbons (Fsp3) is 0.333. The van der Waals surface area contributed by atoms with Crippen LogP contribution in [0.3, 0.4) is 0 Å². The summed E-state index contributed by atoms with van der Waals surface area (Å²) in [5.74, 6) is 0.447. The number of aryl methyl sites for hydroxylation is 2. The van der Waals surface area contributed by atoms with Crippen molar-refractivity contribution in [3.8, 4) is 11.8 Å². The number of aromatic nitrogens is 2. The third-order valence-electron chi connectivity index (χ3n) is 3.15. The van der Waals surface area contributed by atoms with Gasteiger partial charge in [-0.15, -0.1) is 0 Å². The first kappa shape index (κ1) is 15.7. The Bertz CT molecular complexity index is 689. The largest absolute Gasteiger partial charge is 0.486 e. The smallest absolute Gasteiger partial charge is 0.139 e. The molecule has 21 heavy (non-hydrogen) atoms. The second-order valence-corrected chi connectivity index (χ2v) is 5.18. The molecule has 2 rings (SSSR count). The molecule has 0 saturated carbocycles. The summed E-state index contributed by atoms with van der Waals surface area (Å²) < 4.78 is 7.54. The number of hydrogen-bond acceptors (Lipinski definition) is 3. The molecule has 0 aliphatic heterocycles. The van der Waals surface area contributed by atoms with E-state index >= 15 is 0 Å². The number of nitrogens with zero attached hydrogens (tertiary/aromatic N) is 3. The predicted octanol–water partition coefficient (Wildman–Crippen LogP) is 4.22. The molecule has 0 aliphatic carbocycles. The lowest BCUT2D eigenvalue weighted by Crippen LogP contribution is -2.07. The lowest BCUT2D eigenvalue weighted by molar-refractivity contribution is 0.292. The molecular formula is C15H15Cl2N3O. The SMILES string of the molecule is CCc1nn(CC)c(COc2cccc(Cl)c2C#N)c1Cl. The van der Waals surface area contributed by atoms with Crippen molar-refractivity contribution < 1.29 is 4.74 Å². The summed E-state index contributed by atoms with van der Waals surface area (Å²) in [4.78, 5) is 0. The van der Waals surface area contributed by atoms with Gasteiger partial charge in [0.25, 0.3) is 0 Å². The molecule has 1 aromatic heterocycles. The zero-order chi connectivity index (χ0) is 15.4. The maximum atomic E-state index is 9.14. The van der Waals surface area contributed by atoms with Crippen molar-refractivity contribution >= 4 is 23.2 Å². The second kappa shape index (κ2) is 6.84. The highest BCUT2D eigenvalue weighted by Gasteiger charge is 2.16. The van der Waals surface area contributed by atoms with Crippen LogP contribution in [-0.2, 0) is 19.6 Å². The summed E-state index contributed by atoms with van der Waals surface area (Å²) in [6, 6.07) is 7.16. The topological polar surface area (TPSA) is 50.8 Å². The molecule has 4 nitrogen and oxygen atoms in total. The van der Waals surface area contributed by atoms with Crippen molar-refractivity contribution in [2.45, 2.75) is 33.4 Å². The fourth-order valence-corrected chi connectivity index (χ4v) is 2.57. The van der Waals surface area contributed by atoms with E-state index in [4.69, 9.17) is 33.2 Å². The van der Waals surface area contributed by atoms with Gasteiger partial charge in [-0.05, 0) is 25.5 Å². The number of ether oxygens (including phenoxy) is 1. The summed E-state index contributed by atoms with van der Waals surface area (Å²) >= 11 is 12.3. The molecule has 0 radical (unpaired) electrons. The summed E-state index contributed by atoms with van der Waals surface area (Å²) in [5.41, 5.74) is 1.98. The predicted molar refractivity (Wildman–Crippen MR) is 82.8 cm³/mol. The molecule has 0 unspecified atom stereocenters. The van der Waals surface area contributed by atoms with Crippen molar-refractivity contribution in [3.05, 3.63) is 45.2 Å². The first-order valence-corrected chi connectivity index (χ1v) is 7.43. The van der Waals surface area contributed by atoms with Crippen LogP contribution >= 0.6 is 23.2 Å². The minimum Gasteiger partial charge on any atom is -0.486 e. The number of hydrogen-bond donors (Lipinski definition) is 0. The molecule has 0 spiro atoms.